The molecule has 1 amide bonds. The molecule has 7 heteroatoms. The van der Waals surface area contributed by atoms with Crippen LogP contribution in [0.3, 0.4) is 0 Å². The number of hydrogen-bond donors (Lipinski definition) is 3. The maximum Gasteiger partial charge on any atom is 0.282 e. The molecule has 0 heterocycles. The van der Waals surface area contributed by atoms with E-state index in [9.17, 15) is 13.2 Å². The minimum Gasteiger partial charge on any atom is -0.334 e. The topological polar surface area (TPSA) is 91.9 Å². The van der Waals surface area contributed by atoms with Crippen molar-refractivity contribution >= 4 is 21.6 Å². The van der Waals surface area contributed by atoms with Gasteiger partial charge in [-0.1, -0.05) is 13.3 Å². The molecule has 4 N–H and O–H groups in total. The van der Waals surface area contributed by atoms with Crippen molar-refractivity contribution in [1.82, 2.24) is 4.72 Å². The molecular weight excluding hydrogens is 350 g/mol. The van der Waals surface area contributed by atoms with Crippen molar-refractivity contribution in [3.05, 3.63) is 24.3 Å². The second-order valence-corrected chi connectivity index (χ2v) is 9.41. The van der Waals surface area contributed by atoms with Gasteiger partial charge in [-0.05, 0) is 64.3 Å². The Labute approximate surface area is 157 Å². The van der Waals surface area contributed by atoms with Crippen LogP contribution in [0.1, 0.15) is 53.4 Å². The number of rotatable bonds is 7. The first-order chi connectivity index (χ1) is 12.2. The second-order valence-electron chi connectivity index (χ2n) is 7.70. The fourth-order valence-electron chi connectivity index (χ4n) is 3.44. The molecule has 1 fully saturated rings. The zero-order chi connectivity index (χ0) is 19.3. The molecule has 0 aliphatic heterocycles. The average Bonchev–Trinajstić information content (AvgIpc) is 2.56. The Kier molecular flexibility index (Phi) is 7.20. The summed E-state index contributed by atoms with van der Waals surface area (Å²) in [6, 6.07) is 6.44. The molecule has 0 spiro atoms. The van der Waals surface area contributed by atoms with E-state index >= 15 is 0 Å². The van der Waals surface area contributed by atoms with Crippen molar-refractivity contribution in [2.75, 3.05) is 5.32 Å². The summed E-state index contributed by atoms with van der Waals surface area (Å²) in [5.41, 5.74) is 0.607. The van der Waals surface area contributed by atoms with E-state index in [4.69, 9.17) is 0 Å². The molecular formula is C19H32N3O3S+. The molecule has 1 aliphatic rings. The third-order valence-corrected chi connectivity index (χ3v) is 6.62. The Morgan fingerprint density at radius 3 is 2.31 bits per heavy atom. The lowest BCUT2D eigenvalue weighted by Gasteiger charge is -2.28. The smallest absolute Gasteiger partial charge is 0.282 e. The number of nitrogens with two attached hydrogens (primary N) is 1. The molecule has 0 saturated heterocycles. The quantitative estimate of drug-likeness (QED) is 0.672. The highest BCUT2D eigenvalue weighted by Gasteiger charge is 2.28. The second kappa shape index (κ2) is 8.97. The van der Waals surface area contributed by atoms with Gasteiger partial charge in [0.15, 0.2) is 6.04 Å². The standard InChI is InChI=1S/C19H31N3O3S/c1-13(2)22-26(24,25)17-11-9-16(10-12-17)21-19(23)15(4)20-18-8-6-5-7-14(18)3/h9-15,18,20,22H,5-8H2,1-4H3,(H,21,23)/p+1/t14-,15+,18+/m1/s1. The largest absolute Gasteiger partial charge is 0.334 e. The Bertz CT molecular complexity index is 701. The molecule has 1 aliphatic carbocycles. The average molecular weight is 383 g/mol. The van der Waals surface area contributed by atoms with Crippen molar-refractivity contribution in [1.29, 1.82) is 0 Å². The van der Waals surface area contributed by atoms with E-state index in [0.717, 1.165) is 6.42 Å². The first-order valence-corrected chi connectivity index (χ1v) is 11.0. The summed E-state index contributed by atoms with van der Waals surface area (Å²) in [6.07, 6.45) is 4.91. The summed E-state index contributed by atoms with van der Waals surface area (Å²) >= 11 is 0. The normalized spacial score (nSPS) is 22.2. The van der Waals surface area contributed by atoms with Crippen molar-refractivity contribution in [3.8, 4) is 0 Å². The molecule has 0 bridgehead atoms. The van der Waals surface area contributed by atoms with Crippen molar-refractivity contribution in [3.63, 3.8) is 0 Å². The zero-order valence-corrected chi connectivity index (χ0v) is 17.0. The molecule has 26 heavy (non-hydrogen) atoms. The van der Waals surface area contributed by atoms with Gasteiger partial charge in [0.1, 0.15) is 0 Å². The number of amides is 1. The third kappa shape index (κ3) is 5.79. The summed E-state index contributed by atoms with van der Waals surface area (Å²) < 4.78 is 26.8. The van der Waals surface area contributed by atoms with Crippen molar-refractivity contribution in [2.24, 2.45) is 5.92 Å². The molecule has 1 aromatic carbocycles. The van der Waals surface area contributed by atoms with Gasteiger partial charge >= 0.3 is 0 Å². The molecule has 0 unspecified atom stereocenters. The highest BCUT2D eigenvalue weighted by Crippen LogP contribution is 2.21. The lowest BCUT2D eigenvalue weighted by molar-refractivity contribution is -0.714. The Morgan fingerprint density at radius 1 is 1.12 bits per heavy atom. The molecule has 146 valence electrons. The lowest BCUT2D eigenvalue weighted by Crippen LogP contribution is -2.97. The van der Waals surface area contributed by atoms with Gasteiger partial charge in [-0.3, -0.25) is 4.79 Å². The molecule has 0 aromatic heterocycles. The third-order valence-electron chi connectivity index (χ3n) is 4.95. The number of nitrogens with one attached hydrogen (secondary N) is 2. The van der Waals surface area contributed by atoms with Crippen LogP contribution >= 0.6 is 0 Å². The van der Waals surface area contributed by atoms with Gasteiger partial charge in [-0.15, -0.1) is 0 Å². The minimum absolute atomic E-state index is 0.0568. The zero-order valence-electron chi connectivity index (χ0n) is 16.2. The molecule has 0 radical (unpaired) electrons. The van der Waals surface area contributed by atoms with Crippen LogP contribution in [-0.4, -0.2) is 32.5 Å². The van der Waals surface area contributed by atoms with Gasteiger partial charge in [0.2, 0.25) is 10.0 Å². The molecule has 1 aromatic rings. The summed E-state index contributed by atoms with van der Waals surface area (Å²) in [7, 11) is -3.52. The minimum atomic E-state index is -3.52. The van der Waals surface area contributed by atoms with Crippen LogP contribution in [0, 0.1) is 5.92 Å². The SMILES string of the molecule is CC(C)NS(=O)(=O)c1ccc(NC(=O)[C@H](C)[NH2+][C@H]2CCCC[C@H]2C)cc1. The van der Waals surface area contributed by atoms with E-state index < -0.39 is 10.0 Å². The summed E-state index contributed by atoms with van der Waals surface area (Å²) in [5.74, 6) is 0.579. The fraction of sp³-hybridized carbons (Fsp3) is 0.632. The van der Waals surface area contributed by atoms with Gasteiger partial charge in [0.25, 0.3) is 5.91 Å². The number of benzene rings is 1. The van der Waals surface area contributed by atoms with Gasteiger partial charge in [0, 0.05) is 17.6 Å². The van der Waals surface area contributed by atoms with E-state index in [1.165, 1.54) is 31.4 Å². The highest BCUT2D eigenvalue weighted by molar-refractivity contribution is 7.89. The molecule has 3 atom stereocenters. The molecule has 6 nitrogen and oxygen atoms in total. The van der Waals surface area contributed by atoms with Gasteiger partial charge in [-0.2, -0.15) is 0 Å². The first kappa shape index (κ1) is 20.9. The predicted octanol–water partition coefficient (Wildman–Crippen LogP) is 1.84. The predicted molar refractivity (Wildman–Crippen MR) is 103 cm³/mol. The number of carbonyl (C=O) groups is 1. The van der Waals surface area contributed by atoms with E-state index in [-0.39, 0.29) is 22.9 Å². The van der Waals surface area contributed by atoms with Gasteiger partial charge in [-0.25, -0.2) is 13.1 Å². The summed E-state index contributed by atoms with van der Waals surface area (Å²) in [5, 5.41) is 5.05. The van der Waals surface area contributed by atoms with Gasteiger partial charge in [0.05, 0.1) is 10.9 Å². The summed E-state index contributed by atoms with van der Waals surface area (Å²) in [4.78, 5) is 12.6. The van der Waals surface area contributed by atoms with Crippen LogP contribution in [0.25, 0.3) is 0 Å². The maximum atomic E-state index is 12.4. The van der Waals surface area contributed by atoms with E-state index in [2.05, 4.69) is 22.3 Å². The summed E-state index contributed by atoms with van der Waals surface area (Å²) in [6.45, 7) is 7.73. The van der Waals surface area contributed by atoms with Crippen LogP contribution < -0.4 is 15.4 Å². The fourth-order valence-corrected chi connectivity index (χ4v) is 4.69. The first-order valence-electron chi connectivity index (χ1n) is 9.47. The lowest BCUT2D eigenvalue weighted by atomic mass is 9.85. The van der Waals surface area contributed by atoms with E-state index in [0.29, 0.717) is 17.6 Å². The Morgan fingerprint density at radius 2 is 1.73 bits per heavy atom. The van der Waals surface area contributed by atoms with Gasteiger partial charge < -0.3 is 10.6 Å². The monoisotopic (exact) mass is 382 g/mol. The number of quaternary nitrogens is 1. The molecule has 1 saturated carbocycles. The van der Waals surface area contributed by atoms with Crippen molar-refractivity contribution in [2.45, 2.75) is 76.4 Å². The van der Waals surface area contributed by atoms with Crippen molar-refractivity contribution < 1.29 is 18.5 Å². The maximum absolute atomic E-state index is 12.4. The Balaban J connectivity index is 1.94. The van der Waals surface area contributed by atoms with Crippen LogP contribution in [0.4, 0.5) is 5.69 Å². The van der Waals surface area contributed by atoms with Crippen LogP contribution in [-0.2, 0) is 14.8 Å². The van der Waals surface area contributed by atoms with E-state index in [1.54, 1.807) is 26.0 Å². The Hall–Kier alpha value is -1.44. The van der Waals surface area contributed by atoms with Crippen LogP contribution in [0.2, 0.25) is 0 Å². The number of carbonyl (C=O) groups excluding carboxylic acids is 1. The van der Waals surface area contributed by atoms with E-state index in [1.807, 2.05) is 6.92 Å². The molecule has 2 rings (SSSR count). The number of hydrogen-bond acceptors (Lipinski definition) is 3. The highest BCUT2D eigenvalue weighted by atomic mass is 32.2. The number of sulfonamides is 1. The van der Waals surface area contributed by atoms with Crippen LogP contribution in [0.5, 0.6) is 0 Å². The van der Waals surface area contributed by atoms with Crippen LogP contribution in [0.15, 0.2) is 29.2 Å². The number of anilines is 1.